The third kappa shape index (κ3) is 5.59. The minimum Gasteiger partial charge on any atom is -0.392 e. The number of amides is 1. The summed E-state index contributed by atoms with van der Waals surface area (Å²) in [6, 6.07) is 0. The van der Waals surface area contributed by atoms with E-state index in [1.54, 1.807) is 13.1 Å². The predicted molar refractivity (Wildman–Crippen MR) is 89.0 cm³/mol. The molecule has 0 bridgehead atoms. The molecule has 22 heavy (non-hydrogen) atoms. The van der Waals surface area contributed by atoms with Gasteiger partial charge in [0, 0.05) is 39.0 Å². The average Bonchev–Trinajstić information content (AvgIpc) is 2.53. The van der Waals surface area contributed by atoms with Crippen molar-refractivity contribution in [1.82, 2.24) is 20.9 Å². The van der Waals surface area contributed by atoms with Crippen LogP contribution in [0.5, 0.6) is 0 Å². The zero-order chi connectivity index (χ0) is 16.5. The molecule has 7 nitrogen and oxygen atoms in total. The van der Waals surface area contributed by atoms with Gasteiger partial charge in [0.15, 0.2) is 0 Å². The van der Waals surface area contributed by atoms with Gasteiger partial charge in [-0.2, -0.15) is 0 Å². The summed E-state index contributed by atoms with van der Waals surface area (Å²) in [5, 5.41) is 24.2. The number of piperidine rings is 1. The number of allylic oxidation sites excluding steroid dienone is 1. The maximum Gasteiger partial charge on any atom is 0.267 e. The van der Waals surface area contributed by atoms with E-state index in [9.17, 15) is 4.79 Å². The van der Waals surface area contributed by atoms with Crippen LogP contribution in [0.4, 0.5) is 0 Å². The Kier molecular flexibility index (Phi) is 7.15. The Labute approximate surface area is 131 Å². The third-order valence-corrected chi connectivity index (χ3v) is 3.47. The lowest BCUT2D eigenvalue weighted by molar-refractivity contribution is -0.117. The normalized spacial score (nSPS) is 16.0. The highest BCUT2D eigenvalue weighted by Crippen LogP contribution is 2.09. The van der Waals surface area contributed by atoms with Crippen molar-refractivity contribution in [3.05, 3.63) is 23.5 Å². The Balaban J connectivity index is 2.83. The Morgan fingerprint density at radius 2 is 1.68 bits per heavy atom. The molecule has 0 saturated carbocycles. The summed E-state index contributed by atoms with van der Waals surface area (Å²) in [5.74, 6) is 0.0445. The van der Waals surface area contributed by atoms with Gasteiger partial charge in [0.2, 0.25) is 0 Å². The van der Waals surface area contributed by atoms with E-state index in [0.717, 1.165) is 31.6 Å². The van der Waals surface area contributed by atoms with Crippen LogP contribution in [0, 0.1) is 10.8 Å². The third-order valence-electron chi connectivity index (χ3n) is 3.47. The summed E-state index contributed by atoms with van der Waals surface area (Å²) in [6.45, 7) is 3.51. The minimum atomic E-state index is -0.345. The van der Waals surface area contributed by atoms with Crippen molar-refractivity contribution >= 4 is 17.6 Å². The first-order valence-corrected chi connectivity index (χ1v) is 7.46. The summed E-state index contributed by atoms with van der Waals surface area (Å²) in [5.41, 5.74) is 1.00. The van der Waals surface area contributed by atoms with E-state index in [1.165, 1.54) is 19.5 Å². The number of likely N-dealkylation sites (N-methyl/N-ethyl adjacent to an activating group) is 1. The molecule has 0 aromatic heterocycles. The van der Waals surface area contributed by atoms with Gasteiger partial charge in [-0.1, -0.05) is 0 Å². The summed E-state index contributed by atoms with van der Waals surface area (Å²) < 4.78 is 0. The Morgan fingerprint density at radius 3 is 2.23 bits per heavy atom. The molecular formula is C15H26N6O. The van der Waals surface area contributed by atoms with Crippen LogP contribution >= 0.6 is 0 Å². The maximum atomic E-state index is 11.9. The first-order valence-electron chi connectivity index (χ1n) is 7.46. The lowest BCUT2D eigenvalue weighted by Gasteiger charge is -2.28. The molecule has 1 rings (SSSR count). The van der Waals surface area contributed by atoms with E-state index in [-0.39, 0.29) is 17.4 Å². The molecule has 1 amide bonds. The average molecular weight is 306 g/mol. The maximum absolute atomic E-state index is 11.9. The molecule has 0 radical (unpaired) electrons. The number of nitrogens with zero attached hydrogens (tertiary/aromatic N) is 1. The largest absolute Gasteiger partial charge is 0.392 e. The number of hydrogen-bond acceptors (Lipinski definition) is 4. The fraction of sp³-hybridized carbons (Fsp3) is 0.533. The smallest absolute Gasteiger partial charge is 0.267 e. The van der Waals surface area contributed by atoms with Crippen molar-refractivity contribution in [3.63, 3.8) is 0 Å². The molecule has 0 atom stereocenters. The van der Waals surface area contributed by atoms with Crippen LogP contribution in [0.3, 0.4) is 0 Å². The molecule has 0 aliphatic carbocycles. The van der Waals surface area contributed by atoms with E-state index >= 15 is 0 Å². The van der Waals surface area contributed by atoms with Crippen molar-refractivity contribution in [2.24, 2.45) is 0 Å². The number of likely N-dealkylation sites (tertiary alicyclic amines) is 1. The molecule has 1 fully saturated rings. The van der Waals surface area contributed by atoms with Gasteiger partial charge in [-0.15, -0.1) is 0 Å². The number of amidine groups is 2. The van der Waals surface area contributed by atoms with Crippen LogP contribution in [0.15, 0.2) is 23.5 Å². The van der Waals surface area contributed by atoms with Gasteiger partial charge in [0.25, 0.3) is 5.91 Å². The van der Waals surface area contributed by atoms with E-state index in [1.807, 2.05) is 11.8 Å². The van der Waals surface area contributed by atoms with Gasteiger partial charge >= 0.3 is 0 Å². The molecular weight excluding hydrogens is 280 g/mol. The molecule has 0 unspecified atom stereocenters. The topological polar surface area (TPSA) is 104 Å². The lowest BCUT2D eigenvalue weighted by atomic mass is 10.1. The van der Waals surface area contributed by atoms with Crippen molar-refractivity contribution in [3.8, 4) is 0 Å². The Bertz CT molecular complexity index is 488. The van der Waals surface area contributed by atoms with Crippen LogP contribution in [0.1, 0.15) is 26.2 Å². The SMILES string of the molecule is CNC(=O)/C(=C\C(=N)N1CCCCC1)NC(=N)/C=C(/C)NC. The molecule has 0 spiro atoms. The number of carbonyl (C=O) groups is 1. The van der Waals surface area contributed by atoms with Crippen molar-refractivity contribution in [1.29, 1.82) is 10.8 Å². The number of carbonyl (C=O) groups excluding carboxylic acids is 1. The molecule has 0 aromatic carbocycles. The molecule has 7 heteroatoms. The molecule has 1 heterocycles. The number of nitrogens with one attached hydrogen (secondary N) is 5. The summed E-state index contributed by atoms with van der Waals surface area (Å²) >= 11 is 0. The quantitative estimate of drug-likeness (QED) is 0.294. The zero-order valence-corrected chi connectivity index (χ0v) is 13.5. The van der Waals surface area contributed by atoms with E-state index in [2.05, 4.69) is 16.0 Å². The van der Waals surface area contributed by atoms with Gasteiger partial charge in [0.1, 0.15) is 17.4 Å². The van der Waals surface area contributed by atoms with Crippen molar-refractivity contribution in [2.45, 2.75) is 26.2 Å². The highest BCUT2D eigenvalue weighted by atomic mass is 16.2. The van der Waals surface area contributed by atoms with E-state index in [4.69, 9.17) is 10.8 Å². The first kappa shape index (κ1) is 17.7. The van der Waals surface area contributed by atoms with Crippen molar-refractivity contribution < 1.29 is 4.79 Å². The van der Waals surface area contributed by atoms with Crippen LogP contribution in [-0.2, 0) is 4.79 Å². The van der Waals surface area contributed by atoms with Crippen LogP contribution < -0.4 is 16.0 Å². The van der Waals surface area contributed by atoms with E-state index in [0.29, 0.717) is 5.84 Å². The van der Waals surface area contributed by atoms with Crippen LogP contribution in [0.25, 0.3) is 0 Å². The summed E-state index contributed by atoms with van der Waals surface area (Å²) in [6.07, 6.45) is 6.40. The summed E-state index contributed by atoms with van der Waals surface area (Å²) in [4.78, 5) is 13.9. The fourth-order valence-corrected chi connectivity index (χ4v) is 2.13. The monoisotopic (exact) mass is 306 g/mol. The fourth-order valence-electron chi connectivity index (χ4n) is 2.13. The molecule has 0 aromatic rings. The van der Waals surface area contributed by atoms with Crippen LogP contribution in [-0.4, -0.2) is 49.7 Å². The second-order valence-electron chi connectivity index (χ2n) is 5.19. The molecule has 122 valence electrons. The summed E-state index contributed by atoms with van der Waals surface area (Å²) in [7, 11) is 3.29. The molecule has 1 saturated heterocycles. The van der Waals surface area contributed by atoms with Crippen molar-refractivity contribution in [2.75, 3.05) is 27.2 Å². The highest BCUT2D eigenvalue weighted by molar-refractivity contribution is 6.06. The number of hydrogen-bond donors (Lipinski definition) is 5. The predicted octanol–water partition coefficient (Wildman–Crippen LogP) is 0.770. The minimum absolute atomic E-state index is 0.0909. The first-order chi connectivity index (χ1) is 10.5. The zero-order valence-electron chi connectivity index (χ0n) is 13.5. The molecule has 5 N–H and O–H groups in total. The van der Waals surface area contributed by atoms with Gasteiger partial charge in [-0.3, -0.25) is 15.6 Å². The van der Waals surface area contributed by atoms with Gasteiger partial charge in [-0.25, -0.2) is 0 Å². The second kappa shape index (κ2) is 8.86. The number of rotatable bonds is 5. The van der Waals surface area contributed by atoms with Gasteiger partial charge < -0.3 is 20.9 Å². The Morgan fingerprint density at radius 1 is 1.05 bits per heavy atom. The van der Waals surface area contributed by atoms with Gasteiger partial charge in [0.05, 0.1) is 0 Å². The van der Waals surface area contributed by atoms with Crippen LogP contribution in [0.2, 0.25) is 0 Å². The second-order valence-corrected chi connectivity index (χ2v) is 5.19. The molecule has 1 aliphatic heterocycles. The Hall–Kier alpha value is -2.31. The standard InChI is InChI=1S/C15H26N6O/c1-11(18-2)9-13(16)20-12(15(22)19-3)10-14(17)21-7-5-4-6-8-21/h9-10,17-18H,4-8H2,1-3H3,(H2,16,20)(H,19,22)/b11-9-,12-10+,17-14?. The molecule has 1 aliphatic rings. The lowest BCUT2D eigenvalue weighted by Crippen LogP contribution is -2.37. The highest BCUT2D eigenvalue weighted by Gasteiger charge is 2.15. The van der Waals surface area contributed by atoms with Gasteiger partial charge in [-0.05, 0) is 32.3 Å². The van der Waals surface area contributed by atoms with E-state index < -0.39 is 0 Å².